The third-order valence-corrected chi connectivity index (χ3v) is 3.41. The van der Waals surface area contributed by atoms with E-state index in [1.807, 2.05) is 24.1 Å². The average molecular weight is 308 g/mol. The van der Waals surface area contributed by atoms with E-state index in [0.717, 1.165) is 11.3 Å². The largest absolute Gasteiger partial charge is 0.409 e. The molecule has 0 fully saturated rings. The molecule has 0 unspecified atom stereocenters. The van der Waals surface area contributed by atoms with Gasteiger partial charge in [0.2, 0.25) is 0 Å². The van der Waals surface area contributed by atoms with Crippen molar-refractivity contribution < 1.29 is 9.60 Å². The van der Waals surface area contributed by atoms with Crippen molar-refractivity contribution in [2.75, 3.05) is 11.9 Å². The first-order valence-corrected chi connectivity index (χ1v) is 6.62. The van der Waals surface area contributed by atoms with E-state index in [9.17, 15) is 4.39 Å². The van der Waals surface area contributed by atoms with Crippen LogP contribution in [0.3, 0.4) is 0 Å². The monoisotopic (exact) mass is 307 g/mol. The van der Waals surface area contributed by atoms with Crippen LogP contribution in [0.25, 0.3) is 0 Å². The number of oxime groups is 1. The molecule has 0 spiro atoms. The highest BCUT2D eigenvalue weighted by atomic mass is 35.5. The minimum absolute atomic E-state index is 0.0275. The topological polar surface area (TPSA) is 61.8 Å². The second-order valence-electron chi connectivity index (χ2n) is 4.61. The van der Waals surface area contributed by atoms with Gasteiger partial charge in [0.25, 0.3) is 0 Å². The summed E-state index contributed by atoms with van der Waals surface area (Å²) in [6.45, 7) is 0.462. The highest BCUT2D eigenvalue weighted by molar-refractivity contribution is 6.30. The fourth-order valence-electron chi connectivity index (χ4n) is 2.07. The molecule has 0 saturated heterocycles. The van der Waals surface area contributed by atoms with E-state index in [2.05, 4.69) is 5.16 Å². The van der Waals surface area contributed by atoms with Gasteiger partial charge in [-0.2, -0.15) is 0 Å². The van der Waals surface area contributed by atoms with Crippen molar-refractivity contribution in [3.8, 4) is 0 Å². The first-order valence-electron chi connectivity index (χ1n) is 6.25. The molecule has 0 heterocycles. The molecular weight excluding hydrogens is 293 g/mol. The zero-order valence-electron chi connectivity index (χ0n) is 11.4. The van der Waals surface area contributed by atoms with Crippen molar-refractivity contribution >= 4 is 23.1 Å². The molecule has 110 valence electrons. The van der Waals surface area contributed by atoms with E-state index in [-0.39, 0.29) is 10.9 Å². The molecule has 4 nitrogen and oxygen atoms in total. The smallest absolute Gasteiger partial charge is 0.172 e. The molecule has 2 aromatic rings. The Balaban J connectivity index is 2.28. The quantitative estimate of drug-likeness (QED) is 0.394. The lowest BCUT2D eigenvalue weighted by Gasteiger charge is -2.22. The maximum Gasteiger partial charge on any atom is 0.172 e. The molecule has 0 saturated carbocycles. The lowest BCUT2D eigenvalue weighted by molar-refractivity contribution is 0.318. The van der Waals surface area contributed by atoms with Crippen LogP contribution in [0.2, 0.25) is 5.02 Å². The van der Waals surface area contributed by atoms with Crippen molar-refractivity contribution in [2.24, 2.45) is 10.9 Å². The number of hydrogen-bond donors (Lipinski definition) is 2. The molecule has 2 rings (SSSR count). The van der Waals surface area contributed by atoms with Crippen LogP contribution in [0.5, 0.6) is 0 Å². The second kappa shape index (κ2) is 6.45. The van der Waals surface area contributed by atoms with E-state index in [0.29, 0.717) is 12.1 Å². The zero-order chi connectivity index (χ0) is 15.4. The molecule has 0 aliphatic rings. The van der Waals surface area contributed by atoms with Gasteiger partial charge in [0.05, 0.1) is 5.02 Å². The van der Waals surface area contributed by atoms with Crippen LogP contribution in [0.4, 0.5) is 10.1 Å². The molecule has 0 bridgehead atoms. The van der Waals surface area contributed by atoms with Crippen LogP contribution in [-0.4, -0.2) is 18.1 Å². The second-order valence-corrected chi connectivity index (χ2v) is 5.01. The number of nitrogens with two attached hydrogens (primary N) is 1. The molecule has 6 heteroatoms. The van der Waals surface area contributed by atoms with Gasteiger partial charge in [-0.15, -0.1) is 0 Å². The van der Waals surface area contributed by atoms with Gasteiger partial charge in [-0.05, 0) is 29.8 Å². The highest BCUT2D eigenvalue weighted by Gasteiger charge is 2.11. The molecule has 0 radical (unpaired) electrons. The van der Waals surface area contributed by atoms with Crippen LogP contribution < -0.4 is 10.6 Å². The van der Waals surface area contributed by atoms with Gasteiger partial charge < -0.3 is 15.8 Å². The van der Waals surface area contributed by atoms with Gasteiger partial charge in [-0.1, -0.05) is 35.0 Å². The van der Waals surface area contributed by atoms with Gasteiger partial charge >= 0.3 is 0 Å². The Hall–Kier alpha value is -2.27. The Labute approximate surface area is 127 Å². The summed E-state index contributed by atoms with van der Waals surface area (Å²) >= 11 is 5.67. The van der Waals surface area contributed by atoms with Gasteiger partial charge in [0.1, 0.15) is 5.82 Å². The first-order chi connectivity index (χ1) is 10.0. The first kappa shape index (κ1) is 15.1. The summed E-state index contributed by atoms with van der Waals surface area (Å²) in [5, 5.41) is 12.0. The van der Waals surface area contributed by atoms with Crippen LogP contribution in [0, 0.1) is 5.82 Å². The SMILES string of the molecule is CN(Cc1ccc(Cl)c(F)c1)c1ccccc1/C(N)=N/O. The van der Waals surface area contributed by atoms with E-state index < -0.39 is 5.82 Å². The summed E-state index contributed by atoms with van der Waals surface area (Å²) in [4.78, 5) is 1.88. The van der Waals surface area contributed by atoms with Crippen molar-refractivity contribution in [3.05, 3.63) is 64.4 Å². The maximum atomic E-state index is 13.5. The number of halogens is 2. The van der Waals surface area contributed by atoms with E-state index in [4.69, 9.17) is 22.5 Å². The van der Waals surface area contributed by atoms with E-state index in [1.165, 1.54) is 12.1 Å². The minimum Gasteiger partial charge on any atom is -0.409 e. The Morgan fingerprint density at radius 2 is 2.05 bits per heavy atom. The summed E-state index contributed by atoms with van der Waals surface area (Å²) < 4.78 is 13.5. The van der Waals surface area contributed by atoms with Gasteiger partial charge in [0, 0.05) is 24.8 Å². The molecule has 0 aliphatic carbocycles. The number of anilines is 1. The summed E-state index contributed by atoms with van der Waals surface area (Å²) in [7, 11) is 1.84. The number of amidine groups is 1. The van der Waals surface area contributed by atoms with Crippen molar-refractivity contribution in [3.63, 3.8) is 0 Å². The van der Waals surface area contributed by atoms with Gasteiger partial charge in [-0.3, -0.25) is 0 Å². The normalized spacial score (nSPS) is 11.5. The molecule has 0 aromatic heterocycles. The fraction of sp³-hybridized carbons (Fsp3) is 0.133. The van der Waals surface area contributed by atoms with Crippen LogP contribution in [0.1, 0.15) is 11.1 Å². The van der Waals surface area contributed by atoms with Crippen molar-refractivity contribution in [1.82, 2.24) is 0 Å². The lowest BCUT2D eigenvalue weighted by atomic mass is 10.1. The van der Waals surface area contributed by atoms with Crippen LogP contribution in [0.15, 0.2) is 47.6 Å². The summed E-state index contributed by atoms with van der Waals surface area (Å²) in [5.41, 5.74) is 7.83. The van der Waals surface area contributed by atoms with Crippen LogP contribution >= 0.6 is 11.6 Å². The number of para-hydroxylation sites is 1. The Kier molecular flexibility index (Phi) is 4.65. The van der Waals surface area contributed by atoms with Crippen molar-refractivity contribution in [1.29, 1.82) is 0 Å². The molecular formula is C15H15ClFN3O. The van der Waals surface area contributed by atoms with Gasteiger partial charge in [0.15, 0.2) is 5.84 Å². The maximum absolute atomic E-state index is 13.5. The minimum atomic E-state index is -0.452. The Morgan fingerprint density at radius 3 is 2.71 bits per heavy atom. The lowest BCUT2D eigenvalue weighted by Crippen LogP contribution is -2.22. The predicted molar refractivity (Wildman–Crippen MR) is 82.5 cm³/mol. The molecule has 0 atom stereocenters. The molecule has 21 heavy (non-hydrogen) atoms. The van der Waals surface area contributed by atoms with Crippen LogP contribution in [-0.2, 0) is 6.54 Å². The molecule has 0 aliphatic heterocycles. The van der Waals surface area contributed by atoms with E-state index >= 15 is 0 Å². The van der Waals surface area contributed by atoms with E-state index in [1.54, 1.807) is 18.2 Å². The summed E-state index contributed by atoms with van der Waals surface area (Å²) in [5.74, 6) is -0.424. The number of hydrogen-bond acceptors (Lipinski definition) is 3. The predicted octanol–water partition coefficient (Wildman–Crippen LogP) is 3.21. The summed E-state index contributed by atoms with van der Waals surface area (Å²) in [6.07, 6.45) is 0. The standard InChI is InChI=1S/C15H15ClFN3O/c1-20(9-10-6-7-12(16)13(17)8-10)14-5-3-2-4-11(14)15(18)19-21/h2-8,21H,9H2,1H3,(H2,18,19). The third kappa shape index (κ3) is 3.44. The van der Waals surface area contributed by atoms with Crippen molar-refractivity contribution in [2.45, 2.75) is 6.54 Å². The number of rotatable bonds is 4. The summed E-state index contributed by atoms with van der Waals surface area (Å²) in [6, 6.07) is 11.9. The number of nitrogens with zero attached hydrogens (tertiary/aromatic N) is 2. The highest BCUT2D eigenvalue weighted by Crippen LogP contribution is 2.22. The van der Waals surface area contributed by atoms with Gasteiger partial charge in [-0.25, -0.2) is 4.39 Å². The zero-order valence-corrected chi connectivity index (χ0v) is 12.2. The molecule has 3 N–H and O–H groups in total. The fourth-order valence-corrected chi connectivity index (χ4v) is 2.19. The Bertz CT molecular complexity index is 676. The third-order valence-electron chi connectivity index (χ3n) is 3.10. The average Bonchev–Trinajstić information content (AvgIpc) is 2.50. The molecule has 2 aromatic carbocycles. The Morgan fingerprint density at radius 1 is 1.33 bits per heavy atom. The number of benzene rings is 2. The molecule has 0 amide bonds.